The van der Waals surface area contributed by atoms with Gasteiger partial charge in [-0.2, -0.15) is 13.2 Å². The first kappa shape index (κ1) is 21.9. The second-order valence-corrected chi connectivity index (χ2v) is 8.28. The molecule has 0 radical (unpaired) electrons. The highest BCUT2D eigenvalue weighted by molar-refractivity contribution is 5.93. The van der Waals surface area contributed by atoms with E-state index in [1.165, 1.54) is 0 Å². The van der Waals surface area contributed by atoms with Crippen molar-refractivity contribution in [2.75, 3.05) is 18.0 Å². The summed E-state index contributed by atoms with van der Waals surface area (Å²) in [5, 5.41) is 0. The Bertz CT molecular complexity index is 1070. The van der Waals surface area contributed by atoms with E-state index in [4.69, 9.17) is 5.73 Å². The van der Waals surface area contributed by atoms with Crippen LogP contribution >= 0.6 is 0 Å². The summed E-state index contributed by atoms with van der Waals surface area (Å²) >= 11 is 0. The van der Waals surface area contributed by atoms with Gasteiger partial charge in [-0.1, -0.05) is 36.4 Å². The number of hydrogen-bond acceptors (Lipinski definition) is 2. The number of carbonyl (C=O) groups is 1. The van der Waals surface area contributed by atoms with Crippen molar-refractivity contribution in [2.45, 2.75) is 25.4 Å². The molecule has 1 fully saturated rings. The lowest BCUT2D eigenvalue weighted by atomic mass is 9.86. The molecule has 3 aromatic carbocycles. The largest absolute Gasteiger partial charge is 0.416 e. The van der Waals surface area contributed by atoms with Crippen molar-refractivity contribution in [1.82, 2.24) is 0 Å². The van der Waals surface area contributed by atoms with Gasteiger partial charge in [0.2, 0.25) is 5.91 Å². The van der Waals surface area contributed by atoms with Crippen LogP contribution in [0.25, 0.3) is 11.1 Å². The van der Waals surface area contributed by atoms with Gasteiger partial charge in [-0.3, -0.25) is 4.79 Å². The zero-order valence-electron chi connectivity index (χ0n) is 17.6. The molecule has 1 aliphatic heterocycles. The Morgan fingerprint density at radius 1 is 0.906 bits per heavy atom. The van der Waals surface area contributed by atoms with Gasteiger partial charge in [0.1, 0.15) is 0 Å². The highest BCUT2D eigenvalue weighted by atomic mass is 19.4. The van der Waals surface area contributed by atoms with Crippen LogP contribution in [0.1, 0.15) is 34.3 Å². The fraction of sp³-hybridized carbons (Fsp3) is 0.269. The Morgan fingerprint density at radius 3 is 2.12 bits per heavy atom. The molecule has 32 heavy (non-hydrogen) atoms. The third-order valence-electron chi connectivity index (χ3n) is 6.18. The second kappa shape index (κ2) is 9.07. The SMILES string of the molecule is NC(=O)c1ccc(N2CCC(Cc3ccccc3-c3ccc(C(F)(F)F)cc3)CC2)cc1. The highest BCUT2D eigenvalue weighted by Crippen LogP contribution is 2.33. The molecule has 0 bridgehead atoms. The van der Waals surface area contributed by atoms with Gasteiger partial charge in [0.05, 0.1) is 5.56 Å². The predicted molar refractivity (Wildman–Crippen MR) is 120 cm³/mol. The highest BCUT2D eigenvalue weighted by Gasteiger charge is 2.30. The topological polar surface area (TPSA) is 46.3 Å². The van der Waals surface area contributed by atoms with E-state index in [0.29, 0.717) is 11.5 Å². The van der Waals surface area contributed by atoms with E-state index in [-0.39, 0.29) is 0 Å². The first-order valence-electron chi connectivity index (χ1n) is 10.7. The molecular formula is C26H25F3N2O. The van der Waals surface area contributed by atoms with Crippen LogP contribution in [0.5, 0.6) is 0 Å². The fourth-order valence-corrected chi connectivity index (χ4v) is 4.36. The minimum atomic E-state index is -4.33. The normalized spacial score (nSPS) is 15.0. The lowest BCUT2D eigenvalue weighted by molar-refractivity contribution is -0.137. The van der Waals surface area contributed by atoms with E-state index in [9.17, 15) is 18.0 Å². The summed E-state index contributed by atoms with van der Waals surface area (Å²) in [5.41, 5.74) is 9.23. The van der Waals surface area contributed by atoms with Gasteiger partial charge in [0, 0.05) is 24.3 Å². The summed E-state index contributed by atoms with van der Waals surface area (Å²) in [6, 6.07) is 20.7. The number of nitrogens with two attached hydrogens (primary N) is 1. The third-order valence-corrected chi connectivity index (χ3v) is 6.18. The van der Waals surface area contributed by atoms with E-state index in [1.807, 2.05) is 30.3 Å². The summed E-state index contributed by atoms with van der Waals surface area (Å²) in [6.45, 7) is 1.84. The fourth-order valence-electron chi connectivity index (χ4n) is 4.36. The van der Waals surface area contributed by atoms with Crippen LogP contribution in [0, 0.1) is 5.92 Å². The first-order valence-corrected chi connectivity index (χ1v) is 10.7. The minimum Gasteiger partial charge on any atom is -0.372 e. The Labute approximate surface area is 185 Å². The molecule has 0 aliphatic carbocycles. The number of benzene rings is 3. The first-order chi connectivity index (χ1) is 15.3. The second-order valence-electron chi connectivity index (χ2n) is 8.28. The zero-order valence-corrected chi connectivity index (χ0v) is 17.6. The van der Waals surface area contributed by atoms with Crippen LogP contribution in [0.2, 0.25) is 0 Å². The minimum absolute atomic E-state index is 0.429. The number of halogens is 3. The molecule has 0 unspecified atom stereocenters. The number of rotatable bonds is 5. The van der Waals surface area contributed by atoms with Crippen LogP contribution in [0.4, 0.5) is 18.9 Å². The van der Waals surface area contributed by atoms with Crippen LogP contribution in [0.15, 0.2) is 72.8 Å². The number of piperidine rings is 1. The van der Waals surface area contributed by atoms with Crippen molar-refractivity contribution in [3.8, 4) is 11.1 Å². The van der Waals surface area contributed by atoms with Gasteiger partial charge in [0.15, 0.2) is 0 Å². The number of anilines is 1. The maximum atomic E-state index is 12.9. The van der Waals surface area contributed by atoms with E-state index >= 15 is 0 Å². The number of carbonyl (C=O) groups excluding carboxylic acids is 1. The van der Waals surface area contributed by atoms with Crippen LogP contribution in [-0.2, 0) is 12.6 Å². The summed E-state index contributed by atoms with van der Waals surface area (Å²) in [6.07, 6.45) is -1.38. The molecule has 1 heterocycles. The predicted octanol–water partition coefficient (Wildman–Crippen LogP) is 5.93. The molecule has 1 saturated heterocycles. The number of primary amides is 1. The molecule has 1 aliphatic rings. The molecule has 0 atom stereocenters. The molecule has 0 aromatic heterocycles. The van der Waals surface area contributed by atoms with Gasteiger partial charge in [0.25, 0.3) is 0 Å². The Morgan fingerprint density at radius 2 is 1.53 bits per heavy atom. The van der Waals surface area contributed by atoms with Crippen molar-refractivity contribution >= 4 is 11.6 Å². The summed E-state index contributed by atoms with van der Waals surface area (Å²) < 4.78 is 38.7. The van der Waals surface area contributed by atoms with Crippen molar-refractivity contribution in [3.63, 3.8) is 0 Å². The third kappa shape index (κ3) is 4.96. The van der Waals surface area contributed by atoms with Crippen molar-refractivity contribution < 1.29 is 18.0 Å². The Hall–Kier alpha value is -3.28. The molecule has 6 heteroatoms. The van der Waals surface area contributed by atoms with Crippen LogP contribution < -0.4 is 10.6 Å². The molecule has 1 amide bonds. The van der Waals surface area contributed by atoms with E-state index in [2.05, 4.69) is 11.0 Å². The zero-order chi connectivity index (χ0) is 22.7. The molecule has 3 aromatic rings. The average Bonchev–Trinajstić information content (AvgIpc) is 2.80. The maximum Gasteiger partial charge on any atom is 0.416 e. The molecule has 3 nitrogen and oxygen atoms in total. The summed E-state index contributed by atoms with van der Waals surface area (Å²) in [7, 11) is 0. The Kier molecular flexibility index (Phi) is 6.21. The number of alkyl halides is 3. The van der Waals surface area contributed by atoms with Crippen LogP contribution in [0.3, 0.4) is 0 Å². The number of nitrogens with zero attached hydrogens (tertiary/aromatic N) is 1. The molecule has 4 rings (SSSR count). The van der Waals surface area contributed by atoms with E-state index in [1.54, 1.807) is 24.3 Å². The van der Waals surface area contributed by atoms with Crippen molar-refractivity contribution in [1.29, 1.82) is 0 Å². The monoisotopic (exact) mass is 438 g/mol. The van der Waals surface area contributed by atoms with E-state index in [0.717, 1.165) is 66.9 Å². The lowest BCUT2D eigenvalue weighted by Crippen LogP contribution is -2.34. The van der Waals surface area contributed by atoms with Gasteiger partial charge in [-0.25, -0.2) is 0 Å². The van der Waals surface area contributed by atoms with E-state index < -0.39 is 17.6 Å². The van der Waals surface area contributed by atoms with Crippen LogP contribution in [-0.4, -0.2) is 19.0 Å². The van der Waals surface area contributed by atoms with Crippen molar-refractivity contribution in [2.24, 2.45) is 11.7 Å². The van der Waals surface area contributed by atoms with Gasteiger partial charge in [-0.15, -0.1) is 0 Å². The van der Waals surface area contributed by atoms with Gasteiger partial charge in [-0.05, 0) is 78.3 Å². The standard InChI is InChI=1S/C26H25F3N2O/c27-26(28,29)22-9-5-19(6-10-22)24-4-2-1-3-21(24)17-18-13-15-31(16-14-18)23-11-7-20(8-12-23)25(30)32/h1-12,18H,13-17H2,(H2,30,32). The summed E-state index contributed by atoms with van der Waals surface area (Å²) in [5.74, 6) is 0.0775. The smallest absolute Gasteiger partial charge is 0.372 e. The molecular weight excluding hydrogens is 413 g/mol. The number of amides is 1. The van der Waals surface area contributed by atoms with Gasteiger partial charge >= 0.3 is 6.18 Å². The number of hydrogen-bond donors (Lipinski definition) is 1. The molecule has 0 spiro atoms. The maximum absolute atomic E-state index is 12.9. The summed E-state index contributed by atoms with van der Waals surface area (Å²) in [4.78, 5) is 13.6. The van der Waals surface area contributed by atoms with Crippen molar-refractivity contribution in [3.05, 3.63) is 89.5 Å². The lowest BCUT2D eigenvalue weighted by Gasteiger charge is -2.34. The Balaban J connectivity index is 1.42. The average molecular weight is 438 g/mol. The van der Waals surface area contributed by atoms with Gasteiger partial charge < -0.3 is 10.6 Å². The molecule has 0 saturated carbocycles. The quantitative estimate of drug-likeness (QED) is 0.537. The molecule has 166 valence electrons. The molecule has 2 N–H and O–H groups in total.